The predicted octanol–water partition coefficient (Wildman–Crippen LogP) is 0.720. The molecule has 0 amide bonds. The van der Waals surface area contributed by atoms with Crippen LogP contribution in [0.4, 0.5) is 0 Å². The summed E-state index contributed by atoms with van der Waals surface area (Å²) >= 11 is 0. The minimum Gasteiger partial charge on any atom is -0.387 e. The fourth-order valence-electron chi connectivity index (χ4n) is 3.03. The van der Waals surface area contributed by atoms with Crippen molar-refractivity contribution in [1.82, 2.24) is 0 Å². The van der Waals surface area contributed by atoms with E-state index in [-0.39, 0.29) is 0 Å². The highest BCUT2D eigenvalue weighted by Gasteiger charge is 2.48. The normalized spacial score (nSPS) is 34.7. The van der Waals surface area contributed by atoms with E-state index in [1.165, 1.54) is 38.5 Å². The molecule has 5 N–H and O–H groups in total. The molecule has 1 rings (SSSR count). The van der Waals surface area contributed by atoms with Crippen LogP contribution >= 0.6 is 0 Å². The van der Waals surface area contributed by atoms with Gasteiger partial charge in [0.25, 0.3) is 0 Å². The van der Waals surface area contributed by atoms with Crippen LogP contribution in [-0.2, 0) is 4.74 Å². The zero-order chi connectivity index (χ0) is 17.2. The lowest BCUT2D eigenvalue weighted by Crippen LogP contribution is -2.64. The van der Waals surface area contributed by atoms with Gasteiger partial charge in [0.05, 0.1) is 0 Å². The molecule has 6 heteroatoms. The Morgan fingerprint density at radius 1 is 0.565 bits per heavy atom. The maximum atomic E-state index is 9.83. The van der Waals surface area contributed by atoms with Crippen molar-refractivity contribution < 1.29 is 30.3 Å². The maximum absolute atomic E-state index is 9.83. The molecule has 2 unspecified atom stereocenters. The second kappa shape index (κ2) is 11.3. The minimum absolute atomic E-state index is 0.351. The molecular formula is C17H34O6. The first-order valence-electron chi connectivity index (χ1n) is 9.02. The average molecular weight is 334 g/mol. The van der Waals surface area contributed by atoms with Crippen molar-refractivity contribution in [3.63, 3.8) is 0 Å². The molecule has 23 heavy (non-hydrogen) atoms. The Bertz CT molecular complexity index is 285. The molecule has 0 aliphatic heterocycles. The van der Waals surface area contributed by atoms with Gasteiger partial charge in [0.1, 0.15) is 36.6 Å². The molecule has 138 valence electrons. The van der Waals surface area contributed by atoms with Gasteiger partial charge in [-0.15, -0.1) is 0 Å². The Balaban J connectivity index is 2.10. The zero-order valence-corrected chi connectivity index (χ0v) is 14.2. The molecule has 6 nitrogen and oxygen atoms in total. The van der Waals surface area contributed by atoms with Crippen LogP contribution < -0.4 is 0 Å². The van der Waals surface area contributed by atoms with Crippen molar-refractivity contribution in [2.45, 2.75) is 101 Å². The summed E-state index contributed by atoms with van der Waals surface area (Å²) in [7, 11) is 0. The summed E-state index contributed by atoms with van der Waals surface area (Å²) in [5.74, 6) is 0. The van der Waals surface area contributed by atoms with Crippen molar-refractivity contribution in [2.75, 3.05) is 6.61 Å². The van der Waals surface area contributed by atoms with Gasteiger partial charge in [0.2, 0.25) is 0 Å². The van der Waals surface area contributed by atoms with Crippen LogP contribution in [0.15, 0.2) is 0 Å². The summed E-state index contributed by atoms with van der Waals surface area (Å²) in [6.07, 6.45) is 2.14. The number of rotatable bonds is 11. The monoisotopic (exact) mass is 334 g/mol. The van der Waals surface area contributed by atoms with Crippen molar-refractivity contribution >= 4 is 0 Å². The summed E-state index contributed by atoms with van der Waals surface area (Å²) in [5.41, 5.74) is 0. The highest BCUT2D eigenvalue weighted by molar-refractivity contribution is 4.99. The first kappa shape index (κ1) is 20.8. The molecule has 6 atom stereocenters. The highest BCUT2D eigenvalue weighted by atomic mass is 16.5. The van der Waals surface area contributed by atoms with Gasteiger partial charge in [0.15, 0.2) is 0 Å². The van der Waals surface area contributed by atoms with Crippen molar-refractivity contribution in [2.24, 2.45) is 0 Å². The molecule has 1 fully saturated rings. The lowest BCUT2D eigenvalue weighted by Gasteiger charge is -2.41. The molecule has 0 bridgehead atoms. The van der Waals surface area contributed by atoms with Gasteiger partial charge in [-0.3, -0.25) is 0 Å². The van der Waals surface area contributed by atoms with Gasteiger partial charge in [-0.05, 0) is 6.42 Å². The van der Waals surface area contributed by atoms with E-state index in [2.05, 4.69) is 6.92 Å². The van der Waals surface area contributed by atoms with E-state index < -0.39 is 36.6 Å². The van der Waals surface area contributed by atoms with E-state index in [0.717, 1.165) is 19.3 Å². The molecule has 0 spiro atoms. The molecule has 0 radical (unpaired) electrons. The molecule has 0 aromatic carbocycles. The topological polar surface area (TPSA) is 110 Å². The Morgan fingerprint density at radius 3 is 1.43 bits per heavy atom. The number of ether oxygens (including phenoxy) is 1. The molecule has 0 aromatic heterocycles. The van der Waals surface area contributed by atoms with Crippen LogP contribution in [0.3, 0.4) is 0 Å². The number of hydrogen-bond donors (Lipinski definition) is 5. The molecule has 0 saturated heterocycles. The van der Waals surface area contributed by atoms with Crippen molar-refractivity contribution in [3.05, 3.63) is 0 Å². The Hall–Kier alpha value is -0.240. The van der Waals surface area contributed by atoms with E-state index in [1.807, 2.05) is 0 Å². The van der Waals surface area contributed by atoms with Gasteiger partial charge < -0.3 is 30.3 Å². The molecule has 1 saturated carbocycles. The van der Waals surface area contributed by atoms with Crippen LogP contribution in [0.25, 0.3) is 0 Å². The summed E-state index contributed by atoms with van der Waals surface area (Å²) in [6.45, 7) is 2.56. The van der Waals surface area contributed by atoms with Crippen molar-refractivity contribution in [1.29, 1.82) is 0 Å². The lowest BCUT2D eigenvalue weighted by molar-refractivity contribution is -0.235. The van der Waals surface area contributed by atoms with Gasteiger partial charge in [-0.25, -0.2) is 0 Å². The third kappa shape index (κ3) is 6.64. The van der Waals surface area contributed by atoms with Crippen LogP contribution in [0.5, 0.6) is 0 Å². The third-order valence-electron chi connectivity index (χ3n) is 4.63. The van der Waals surface area contributed by atoms with Gasteiger partial charge in [-0.1, -0.05) is 58.3 Å². The zero-order valence-electron chi connectivity index (χ0n) is 14.2. The molecule has 0 aromatic rings. The number of unbranched alkanes of at least 4 members (excludes halogenated alkanes) is 8. The fraction of sp³-hybridized carbons (Fsp3) is 1.00. The van der Waals surface area contributed by atoms with E-state index in [9.17, 15) is 25.5 Å². The summed E-state index contributed by atoms with van der Waals surface area (Å²) in [4.78, 5) is 0. The number of hydrogen-bond acceptors (Lipinski definition) is 6. The summed E-state index contributed by atoms with van der Waals surface area (Å²) < 4.78 is 5.43. The van der Waals surface area contributed by atoms with E-state index in [0.29, 0.717) is 6.61 Å². The Labute approximate surface area is 139 Å². The largest absolute Gasteiger partial charge is 0.387 e. The number of aliphatic hydroxyl groups excluding tert-OH is 5. The third-order valence-corrected chi connectivity index (χ3v) is 4.63. The van der Waals surface area contributed by atoms with Gasteiger partial charge in [0, 0.05) is 6.61 Å². The SMILES string of the molecule is CCCCCCCCCCCOC1[C@@H](O)[C@H](O)C(O)[C@H](O)[C@@H]1O. The smallest absolute Gasteiger partial charge is 0.114 e. The summed E-state index contributed by atoms with van der Waals surface area (Å²) in [6, 6.07) is 0. The van der Waals surface area contributed by atoms with Crippen LogP contribution in [0, 0.1) is 0 Å². The van der Waals surface area contributed by atoms with E-state index in [4.69, 9.17) is 4.74 Å². The van der Waals surface area contributed by atoms with E-state index in [1.54, 1.807) is 0 Å². The Kier molecular flexibility index (Phi) is 10.3. The molecule has 1 aliphatic rings. The van der Waals surface area contributed by atoms with E-state index >= 15 is 0 Å². The quantitative estimate of drug-likeness (QED) is 0.356. The highest BCUT2D eigenvalue weighted by Crippen LogP contribution is 2.24. The van der Waals surface area contributed by atoms with Gasteiger partial charge in [-0.2, -0.15) is 0 Å². The van der Waals surface area contributed by atoms with Crippen LogP contribution in [0.1, 0.15) is 64.7 Å². The summed E-state index contributed by atoms with van der Waals surface area (Å²) in [5, 5.41) is 48.4. The lowest BCUT2D eigenvalue weighted by atomic mass is 9.85. The molecule has 1 aliphatic carbocycles. The van der Waals surface area contributed by atoms with Gasteiger partial charge >= 0.3 is 0 Å². The molecule has 0 heterocycles. The van der Waals surface area contributed by atoms with Crippen LogP contribution in [0.2, 0.25) is 0 Å². The number of aliphatic hydroxyl groups is 5. The maximum Gasteiger partial charge on any atom is 0.114 e. The van der Waals surface area contributed by atoms with Crippen LogP contribution in [-0.4, -0.2) is 68.8 Å². The minimum atomic E-state index is -1.56. The second-order valence-electron chi connectivity index (χ2n) is 6.62. The first-order chi connectivity index (χ1) is 11.0. The average Bonchev–Trinajstić information content (AvgIpc) is 2.55. The van der Waals surface area contributed by atoms with Crippen molar-refractivity contribution in [3.8, 4) is 0 Å². The fourth-order valence-corrected chi connectivity index (χ4v) is 3.03. The standard InChI is InChI=1S/C17H34O6/c1-2-3-4-5-6-7-8-9-10-11-23-17-15(21)13(19)12(18)14(20)16(17)22/h12-22H,2-11H2,1H3/t12?,13-,14+,15-,16-,17?/m0/s1. The molecular weight excluding hydrogens is 300 g/mol. The predicted molar refractivity (Wildman–Crippen MR) is 87.0 cm³/mol. The Morgan fingerprint density at radius 2 is 0.957 bits per heavy atom. The second-order valence-corrected chi connectivity index (χ2v) is 6.62. The first-order valence-corrected chi connectivity index (χ1v) is 9.02.